The summed E-state index contributed by atoms with van der Waals surface area (Å²) in [6, 6.07) is 1.77. The highest BCUT2D eigenvalue weighted by Gasteiger charge is 2.36. The molecule has 1 unspecified atom stereocenters. The summed E-state index contributed by atoms with van der Waals surface area (Å²) < 4.78 is 27.7. The Hall–Kier alpha value is 0.0500. The third kappa shape index (κ3) is 2.65. The topological polar surface area (TPSA) is 57.6 Å². The minimum Gasteiger partial charge on any atom is -0.396 e. The summed E-state index contributed by atoms with van der Waals surface area (Å²) in [7, 11) is -3.43. The predicted molar refractivity (Wildman–Crippen MR) is 75.4 cm³/mol. The quantitative estimate of drug-likeness (QED) is 0.903. The second-order valence-electron chi connectivity index (χ2n) is 4.42. The van der Waals surface area contributed by atoms with Gasteiger partial charge < -0.3 is 5.11 Å². The first kappa shape index (κ1) is 14.5. The molecule has 1 saturated heterocycles. The zero-order valence-corrected chi connectivity index (χ0v) is 13.3. The molecular formula is C11H16BrNO3S2. The van der Waals surface area contributed by atoms with Gasteiger partial charge in [-0.15, -0.1) is 11.3 Å². The van der Waals surface area contributed by atoms with Crippen LogP contribution in [0.25, 0.3) is 0 Å². The van der Waals surface area contributed by atoms with Crippen molar-refractivity contribution in [1.29, 1.82) is 0 Å². The summed E-state index contributed by atoms with van der Waals surface area (Å²) in [6.45, 7) is 2.47. The molecule has 0 amide bonds. The van der Waals surface area contributed by atoms with Crippen molar-refractivity contribution in [2.75, 3.05) is 13.2 Å². The molecule has 1 aliphatic heterocycles. The van der Waals surface area contributed by atoms with Gasteiger partial charge in [0.2, 0.25) is 0 Å². The van der Waals surface area contributed by atoms with Gasteiger partial charge in [0.25, 0.3) is 10.0 Å². The van der Waals surface area contributed by atoms with E-state index in [0.717, 1.165) is 17.7 Å². The lowest BCUT2D eigenvalue weighted by molar-refractivity contribution is 0.246. The van der Waals surface area contributed by atoms with E-state index in [0.29, 0.717) is 21.6 Å². The fraction of sp³-hybridized carbons (Fsp3) is 0.636. The molecule has 7 heteroatoms. The molecule has 102 valence electrons. The lowest BCUT2D eigenvalue weighted by atomic mass is 10.2. The predicted octanol–water partition coefficient (Wildman–Crippen LogP) is 2.35. The maximum Gasteiger partial charge on any atom is 0.253 e. The van der Waals surface area contributed by atoms with Crippen LogP contribution in [0.1, 0.15) is 24.1 Å². The molecule has 1 aliphatic rings. The van der Waals surface area contributed by atoms with Gasteiger partial charge in [-0.2, -0.15) is 4.31 Å². The Morgan fingerprint density at radius 1 is 1.61 bits per heavy atom. The number of nitrogens with zero attached hydrogens (tertiary/aromatic N) is 1. The Bertz CT molecular complexity index is 526. The van der Waals surface area contributed by atoms with Crippen LogP contribution in [0.15, 0.2) is 14.7 Å². The normalized spacial score (nSPS) is 21.6. The Labute approximate surface area is 120 Å². The SMILES string of the molecule is Cc1cc(Br)c(S(=O)(=O)N2CCCC2CCO)s1. The Balaban J connectivity index is 2.33. The van der Waals surface area contributed by atoms with E-state index in [1.807, 2.05) is 13.0 Å². The van der Waals surface area contributed by atoms with E-state index in [2.05, 4.69) is 15.9 Å². The van der Waals surface area contributed by atoms with Crippen LogP contribution in [0, 0.1) is 6.92 Å². The van der Waals surface area contributed by atoms with Gasteiger partial charge in [-0.1, -0.05) is 0 Å². The number of aliphatic hydroxyl groups is 1. The van der Waals surface area contributed by atoms with Crippen molar-refractivity contribution >= 4 is 37.3 Å². The van der Waals surface area contributed by atoms with Crippen molar-refractivity contribution in [3.63, 3.8) is 0 Å². The van der Waals surface area contributed by atoms with Gasteiger partial charge in [-0.25, -0.2) is 8.42 Å². The van der Waals surface area contributed by atoms with Gasteiger partial charge in [0.15, 0.2) is 0 Å². The monoisotopic (exact) mass is 353 g/mol. The molecule has 1 aromatic rings. The van der Waals surface area contributed by atoms with Crippen molar-refractivity contribution in [2.45, 2.75) is 36.4 Å². The number of halogens is 1. The minimum atomic E-state index is -3.43. The fourth-order valence-corrected chi connectivity index (χ4v) is 6.88. The van der Waals surface area contributed by atoms with Crippen LogP contribution < -0.4 is 0 Å². The van der Waals surface area contributed by atoms with E-state index in [-0.39, 0.29) is 12.6 Å². The number of hydrogen-bond acceptors (Lipinski definition) is 4. The van der Waals surface area contributed by atoms with Crippen molar-refractivity contribution in [3.8, 4) is 0 Å². The minimum absolute atomic E-state index is 0.0291. The van der Waals surface area contributed by atoms with E-state index in [1.54, 1.807) is 4.31 Å². The molecule has 2 rings (SSSR count). The molecule has 1 aromatic heterocycles. The molecule has 0 aromatic carbocycles. The molecule has 1 fully saturated rings. The van der Waals surface area contributed by atoms with Crippen molar-refractivity contribution in [3.05, 3.63) is 15.4 Å². The van der Waals surface area contributed by atoms with E-state index in [4.69, 9.17) is 5.11 Å². The van der Waals surface area contributed by atoms with E-state index >= 15 is 0 Å². The molecule has 2 heterocycles. The lowest BCUT2D eigenvalue weighted by Crippen LogP contribution is -2.35. The number of aliphatic hydroxyl groups excluding tert-OH is 1. The number of aryl methyl sites for hydroxylation is 1. The summed E-state index contributed by atoms with van der Waals surface area (Å²) >= 11 is 4.60. The van der Waals surface area contributed by atoms with Gasteiger partial charge in [-0.3, -0.25) is 0 Å². The first-order chi connectivity index (χ1) is 8.46. The van der Waals surface area contributed by atoms with Crippen molar-refractivity contribution in [2.24, 2.45) is 0 Å². The van der Waals surface area contributed by atoms with Crippen LogP contribution in [-0.4, -0.2) is 37.0 Å². The van der Waals surface area contributed by atoms with Gasteiger partial charge >= 0.3 is 0 Å². The van der Waals surface area contributed by atoms with E-state index < -0.39 is 10.0 Å². The summed E-state index contributed by atoms with van der Waals surface area (Å²) in [5.41, 5.74) is 0. The average molecular weight is 354 g/mol. The fourth-order valence-electron chi connectivity index (χ4n) is 2.31. The van der Waals surface area contributed by atoms with Crippen molar-refractivity contribution in [1.82, 2.24) is 4.31 Å². The first-order valence-corrected chi connectivity index (χ1v) is 8.90. The van der Waals surface area contributed by atoms with Crippen LogP contribution in [0.5, 0.6) is 0 Å². The van der Waals surface area contributed by atoms with Crippen molar-refractivity contribution < 1.29 is 13.5 Å². The third-order valence-corrected chi connectivity index (χ3v) is 7.77. The Morgan fingerprint density at radius 3 is 2.89 bits per heavy atom. The number of sulfonamides is 1. The van der Waals surface area contributed by atoms with Crippen LogP contribution in [0.3, 0.4) is 0 Å². The summed E-state index contributed by atoms with van der Waals surface area (Å²) in [5, 5.41) is 9.01. The standard InChI is InChI=1S/C11H16BrNO3S2/c1-8-7-10(12)11(17-8)18(15,16)13-5-2-3-9(13)4-6-14/h7,9,14H,2-6H2,1H3. The Morgan fingerprint density at radius 2 is 2.33 bits per heavy atom. The molecule has 18 heavy (non-hydrogen) atoms. The third-order valence-electron chi connectivity index (χ3n) is 3.11. The largest absolute Gasteiger partial charge is 0.396 e. The molecule has 0 bridgehead atoms. The van der Waals surface area contributed by atoms with Crippen LogP contribution in [-0.2, 0) is 10.0 Å². The van der Waals surface area contributed by atoms with E-state index in [1.165, 1.54) is 11.3 Å². The highest BCUT2D eigenvalue weighted by atomic mass is 79.9. The first-order valence-electron chi connectivity index (χ1n) is 5.85. The molecule has 0 spiro atoms. The average Bonchev–Trinajstić information content (AvgIpc) is 2.86. The van der Waals surface area contributed by atoms with Crippen LogP contribution in [0.2, 0.25) is 0 Å². The number of rotatable bonds is 4. The summed E-state index contributed by atoms with van der Waals surface area (Å²) in [4.78, 5) is 0.971. The molecule has 1 atom stereocenters. The highest BCUT2D eigenvalue weighted by Crippen LogP contribution is 2.36. The molecule has 0 radical (unpaired) electrons. The maximum atomic E-state index is 12.6. The smallest absolute Gasteiger partial charge is 0.253 e. The van der Waals surface area contributed by atoms with Gasteiger partial charge in [0, 0.05) is 28.5 Å². The number of hydrogen-bond donors (Lipinski definition) is 1. The number of thiophene rings is 1. The van der Waals surface area contributed by atoms with Gasteiger partial charge in [0.05, 0.1) is 0 Å². The van der Waals surface area contributed by atoms with E-state index in [9.17, 15) is 8.42 Å². The molecule has 1 N–H and O–H groups in total. The Kier molecular flexibility index (Phi) is 4.48. The second-order valence-corrected chi connectivity index (χ2v) is 8.61. The zero-order valence-electron chi connectivity index (χ0n) is 10.1. The van der Waals surface area contributed by atoms with Crippen LogP contribution in [0.4, 0.5) is 0 Å². The van der Waals surface area contributed by atoms with Crippen LogP contribution >= 0.6 is 27.3 Å². The maximum absolute atomic E-state index is 12.6. The zero-order chi connectivity index (χ0) is 13.3. The molecule has 0 aliphatic carbocycles. The summed E-state index contributed by atoms with van der Waals surface area (Å²) in [6.07, 6.45) is 2.22. The molecule has 4 nitrogen and oxygen atoms in total. The molecule has 0 saturated carbocycles. The lowest BCUT2D eigenvalue weighted by Gasteiger charge is -2.22. The summed E-state index contributed by atoms with van der Waals surface area (Å²) in [5.74, 6) is 0. The second kappa shape index (κ2) is 5.58. The molecular weight excluding hydrogens is 338 g/mol. The van der Waals surface area contributed by atoms with Gasteiger partial charge in [-0.05, 0) is 48.2 Å². The van der Waals surface area contributed by atoms with Gasteiger partial charge in [0.1, 0.15) is 4.21 Å². The highest BCUT2D eigenvalue weighted by molar-refractivity contribution is 9.10.